The first-order valence-corrected chi connectivity index (χ1v) is 11.6. The van der Waals surface area contributed by atoms with Crippen molar-refractivity contribution in [1.82, 2.24) is 14.9 Å². The number of hydrogen-bond donors (Lipinski definition) is 2. The zero-order valence-corrected chi connectivity index (χ0v) is 20.4. The van der Waals surface area contributed by atoms with Crippen molar-refractivity contribution >= 4 is 57.9 Å². The summed E-state index contributed by atoms with van der Waals surface area (Å²) in [5.41, 5.74) is 8.58. The Bertz CT molecular complexity index is 968. The molecule has 0 radical (unpaired) electrons. The molecular weight excluding hydrogens is 453 g/mol. The highest BCUT2D eigenvalue weighted by molar-refractivity contribution is 6.18. The molecule has 10 heteroatoms. The second kappa shape index (κ2) is 12.0. The Hall–Kier alpha value is -2.45. The largest absolute Gasteiger partial charge is 0.464 e. The molecule has 0 aliphatic carbocycles. The molecule has 2 aromatic rings. The number of halogens is 2. The van der Waals surface area contributed by atoms with Crippen molar-refractivity contribution in [3.05, 3.63) is 29.7 Å². The Labute approximate surface area is 198 Å². The SMILES string of the molecule is CCOC(=O)[C@@H](NC(=O)/C(N)=C/c1nc2cc(N(CCCl)CCCl)ccc2n1C)C(C)C. The normalized spacial score (nSPS) is 12.8. The highest BCUT2D eigenvalue weighted by Gasteiger charge is 2.26. The van der Waals surface area contributed by atoms with E-state index >= 15 is 0 Å². The van der Waals surface area contributed by atoms with Gasteiger partial charge in [-0.05, 0) is 31.0 Å². The van der Waals surface area contributed by atoms with Gasteiger partial charge in [-0.25, -0.2) is 9.78 Å². The number of ether oxygens (including phenoxy) is 1. The summed E-state index contributed by atoms with van der Waals surface area (Å²) in [6, 6.07) is 5.11. The van der Waals surface area contributed by atoms with Crippen LogP contribution in [-0.4, -0.2) is 58.9 Å². The summed E-state index contributed by atoms with van der Waals surface area (Å²) in [7, 11) is 1.84. The van der Waals surface area contributed by atoms with Gasteiger partial charge in [0.1, 0.15) is 17.6 Å². The molecule has 0 aliphatic heterocycles. The van der Waals surface area contributed by atoms with E-state index in [-0.39, 0.29) is 18.2 Å². The summed E-state index contributed by atoms with van der Waals surface area (Å²) >= 11 is 11.8. The van der Waals surface area contributed by atoms with Gasteiger partial charge < -0.3 is 25.3 Å². The molecule has 0 fully saturated rings. The number of fused-ring (bicyclic) bond motifs is 1. The number of esters is 1. The van der Waals surface area contributed by atoms with Gasteiger partial charge in [-0.1, -0.05) is 13.8 Å². The molecular formula is C22H31Cl2N5O3. The van der Waals surface area contributed by atoms with Gasteiger partial charge in [-0.2, -0.15) is 0 Å². The van der Waals surface area contributed by atoms with Crippen LogP contribution in [0.25, 0.3) is 17.1 Å². The minimum absolute atomic E-state index is 0.0514. The van der Waals surface area contributed by atoms with Crippen molar-refractivity contribution in [2.45, 2.75) is 26.8 Å². The molecule has 0 bridgehead atoms. The highest BCUT2D eigenvalue weighted by atomic mass is 35.5. The van der Waals surface area contributed by atoms with Crippen LogP contribution in [0.4, 0.5) is 5.69 Å². The predicted molar refractivity (Wildman–Crippen MR) is 130 cm³/mol. The first-order valence-electron chi connectivity index (χ1n) is 10.5. The van der Waals surface area contributed by atoms with Crippen molar-refractivity contribution in [2.75, 3.05) is 36.4 Å². The van der Waals surface area contributed by atoms with Crippen LogP contribution in [-0.2, 0) is 21.4 Å². The van der Waals surface area contributed by atoms with E-state index in [1.807, 2.05) is 43.7 Å². The van der Waals surface area contributed by atoms with Crippen LogP contribution >= 0.6 is 23.2 Å². The number of hydrogen-bond acceptors (Lipinski definition) is 6. The number of carbonyl (C=O) groups is 2. The van der Waals surface area contributed by atoms with Gasteiger partial charge in [-0.3, -0.25) is 4.79 Å². The van der Waals surface area contributed by atoms with Crippen LogP contribution in [0, 0.1) is 5.92 Å². The predicted octanol–water partition coefficient (Wildman–Crippen LogP) is 2.86. The summed E-state index contributed by atoms with van der Waals surface area (Å²) < 4.78 is 6.88. The van der Waals surface area contributed by atoms with Gasteiger partial charge in [0, 0.05) is 43.7 Å². The molecule has 0 unspecified atom stereocenters. The molecule has 0 saturated heterocycles. The number of nitrogens with zero attached hydrogens (tertiary/aromatic N) is 3. The minimum Gasteiger partial charge on any atom is -0.464 e. The molecule has 1 amide bonds. The maximum Gasteiger partial charge on any atom is 0.328 e. The third kappa shape index (κ3) is 6.29. The molecule has 1 aromatic heterocycles. The van der Waals surface area contributed by atoms with Gasteiger partial charge in [-0.15, -0.1) is 23.2 Å². The van der Waals surface area contributed by atoms with Crippen LogP contribution in [0.1, 0.15) is 26.6 Å². The molecule has 1 heterocycles. The first kappa shape index (κ1) is 25.8. The van der Waals surface area contributed by atoms with Crippen LogP contribution in [0.2, 0.25) is 0 Å². The maximum atomic E-state index is 12.6. The Morgan fingerprint density at radius 1 is 1.28 bits per heavy atom. The average Bonchev–Trinajstić information content (AvgIpc) is 3.06. The van der Waals surface area contributed by atoms with Gasteiger partial charge in [0.05, 0.1) is 17.6 Å². The summed E-state index contributed by atoms with van der Waals surface area (Å²) in [5.74, 6) is 0.296. The Morgan fingerprint density at radius 2 is 1.94 bits per heavy atom. The molecule has 0 spiro atoms. The monoisotopic (exact) mass is 483 g/mol. The first-order chi connectivity index (χ1) is 15.2. The third-order valence-corrected chi connectivity index (χ3v) is 5.35. The van der Waals surface area contributed by atoms with Crippen molar-refractivity contribution in [3.8, 4) is 0 Å². The topological polar surface area (TPSA) is 102 Å². The van der Waals surface area contributed by atoms with Gasteiger partial charge in [0.15, 0.2) is 0 Å². The third-order valence-electron chi connectivity index (χ3n) is 5.01. The number of rotatable bonds is 11. The number of nitrogens with two attached hydrogens (primary N) is 1. The van der Waals surface area contributed by atoms with Crippen LogP contribution in [0.3, 0.4) is 0 Å². The summed E-state index contributed by atoms with van der Waals surface area (Å²) in [6.07, 6.45) is 1.49. The number of carbonyl (C=O) groups excluding carboxylic acids is 2. The van der Waals surface area contributed by atoms with Crippen molar-refractivity contribution in [1.29, 1.82) is 0 Å². The molecule has 8 nitrogen and oxygen atoms in total. The van der Waals surface area contributed by atoms with Crippen molar-refractivity contribution < 1.29 is 14.3 Å². The molecule has 32 heavy (non-hydrogen) atoms. The zero-order chi connectivity index (χ0) is 23.8. The van der Waals surface area contributed by atoms with Crippen LogP contribution < -0.4 is 16.0 Å². The number of alkyl halides is 2. The number of imidazole rings is 1. The minimum atomic E-state index is -0.785. The van der Waals surface area contributed by atoms with Crippen molar-refractivity contribution in [2.24, 2.45) is 18.7 Å². The number of amides is 1. The number of aromatic nitrogens is 2. The lowest BCUT2D eigenvalue weighted by molar-refractivity contribution is -0.148. The fraction of sp³-hybridized carbons (Fsp3) is 0.500. The summed E-state index contributed by atoms with van der Waals surface area (Å²) in [6.45, 7) is 6.94. The number of aryl methyl sites for hydroxylation is 1. The molecule has 0 saturated carbocycles. The fourth-order valence-corrected chi connectivity index (χ4v) is 3.67. The second-order valence-corrected chi connectivity index (χ2v) is 8.37. The van der Waals surface area contributed by atoms with E-state index in [9.17, 15) is 9.59 Å². The quantitative estimate of drug-likeness (QED) is 0.289. The zero-order valence-electron chi connectivity index (χ0n) is 18.9. The fourth-order valence-electron chi connectivity index (χ4n) is 3.27. The van der Waals surface area contributed by atoms with Gasteiger partial charge in [0.25, 0.3) is 5.91 Å². The summed E-state index contributed by atoms with van der Waals surface area (Å²) in [5, 5.41) is 2.65. The van der Waals surface area contributed by atoms with Gasteiger partial charge >= 0.3 is 5.97 Å². The lowest BCUT2D eigenvalue weighted by atomic mass is 10.0. The Morgan fingerprint density at radius 3 is 2.50 bits per heavy atom. The maximum absolute atomic E-state index is 12.6. The van der Waals surface area contributed by atoms with Crippen LogP contribution in [0.5, 0.6) is 0 Å². The highest BCUT2D eigenvalue weighted by Crippen LogP contribution is 2.23. The average molecular weight is 484 g/mol. The molecule has 1 aromatic carbocycles. The second-order valence-electron chi connectivity index (χ2n) is 7.61. The molecule has 176 valence electrons. The van der Waals surface area contributed by atoms with E-state index in [0.29, 0.717) is 30.7 Å². The lowest BCUT2D eigenvalue weighted by Gasteiger charge is -2.22. The number of nitrogens with one attached hydrogen (secondary N) is 1. The van der Waals surface area contributed by atoms with Crippen molar-refractivity contribution in [3.63, 3.8) is 0 Å². The van der Waals surface area contributed by atoms with E-state index in [1.165, 1.54) is 6.08 Å². The smallest absolute Gasteiger partial charge is 0.328 e. The van der Waals surface area contributed by atoms with Crippen LogP contribution in [0.15, 0.2) is 23.9 Å². The van der Waals surface area contributed by atoms with E-state index in [0.717, 1.165) is 16.7 Å². The summed E-state index contributed by atoms with van der Waals surface area (Å²) in [4.78, 5) is 31.4. The molecule has 0 aliphatic rings. The molecule has 2 rings (SSSR count). The van der Waals surface area contributed by atoms with E-state index in [1.54, 1.807) is 6.92 Å². The van der Waals surface area contributed by atoms with E-state index in [4.69, 9.17) is 33.7 Å². The number of benzene rings is 1. The van der Waals surface area contributed by atoms with E-state index < -0.39 is 17.9 Å². The van der Waals surface area contributed by atoms with Gasteiger partial charge in [0.2, 0.25) is 0 Å². The van der Waals surface area contributed by atoms with E-state index in [2.05, 4.69) is 15.2 Å². The molecule has 1 atom stereocenters. The number of anilines is 1. The Kier molecular flexibility index (Phi) is 9.65. The lowest BCUT2D eigenvalue weighted by Crippen LogP contribution is -2.46. The standard InChI is InChI=1S/C22H31Cl2N5O3/c1-5-32-22(31)20(14(2)3)27-21(30)16(25)13-19-26-17-12-15(6-7-18(17)28(19)4)29(10-8-23)11-9-24/h6-7,12-14,20H,5,8-11,25H2,1-4H3,(H,27,30)/b16-13-/t20-/m0/s1. The molecule has 3 N–H and O–H groups in total. The Balaban J connectivity index is 2.29.